The monoisotopic (exact) mass is 261 g/mol. The van der Waals surface area contributed by atoms with Crippen LogP contribution >= 0.6 is 0 Å². The van der Waals surface area contributed by atoms with Crippen molar-refractivity contribution in [2.45, 2.75) is 24.9 Å². The lowest BCUT2D eigenvalue weighted by Gasteiger charge is -2.37. The molecule has 3 rings (SSSR count). The Kier molecular flexibility index (Phi) is 3.02. The molecule has 0 aromatic carbocycles. The molecule has 2 saturated heterocycles. The normalized spacial score (nSPS) is 26.9. The second-order valence-corrected chi connectivity index (χ2v) is 4.97. The first-order valence-corrected chi connectivity index (χ1v) is 6.43. The van der Waals surface area contributed by atoms with Gasteiger partial charge in [-0.3, -0.25) is 9.59 Å². The maximum atomic E-state index is 12.2. The first-order chi connectivity index (χ1) is 9.21. The molecule has 1 spiro atoms. The van der Waals surface area contributed by atoms with Gasteiger partial charge in [-0.2, -0.15) is 0 Å². The maximum absolute atomic E-state index is 12.2. The zero-order chi connectivity index (χ0) is 13.3. The fourth-order valence-corrected chi connectivity index (χ4v) is 2.73. The minimum Gasteiger partial charge on any atom is -0.367 e. The molecule has 6 nitrogen and oxygen atoms in total. The summed E-state index contributed by atoms with van der Waals surface area (Å²) in [6.45, 7) is 1.30. The number of likely N-dealkylation sites (tertiary alicyclic amines) is 1. The molecule has 0 radical (unpaired) electrons. The number of Topliss-reactive ketones (excluding diaryl/α,β-unsaturated/α-hetero) is 1. The molecular weight excluding hydrogens is 246 g/mol. The highest BCUT2D eigenvalue weighted by Gasteiger charge is 2.46. The van der Waals surface area contributed by atoms with Gasteiger partial charge in [0, 0.05) is 32.0 Å². The number of hydrogen-bond acceptors (Lipinski definition) is 5. The highest BCUT2D eigenvalue weighted by atomic mass is 16.5. The molecule has 2 fully saturated rings. The lowest BCUT2D eigenvalue weighted by Crippen LogP contribution is -2.53. The summed E-state index contributed by atoms with van der Waals surface area (Å²) in [6, 6.07) is 0. The zero-order valence-electron chi connectivity index (χ0n) is 10.5. The Bertz CT molecular complexity index is 497. The van der Waals surface area contributed by atoms with Crippen LogP contribution in [0.15, 0.2) is 18.7 Å². The maximum Gasteiger partial charge on any atom is 0.257 e. The van der Waals surface area contributed by atoms with Crippen LogP contribution in [-0.2, 0) is 9.53 Å². The number of ether oxygens (including phenoxy) is 1. The number of carbonyl (C=O) groups excluding carboxylic acids is 2. The molecule has 3 heterocycles. The van der Waals surface area contributed by atoms with Crippen LogP contribution in [-0.4, -0.2) is 51.9 Å². The minimum absolute atomic E-state index is 0.0152. The van der Waals surface area contributed by atoms with Crippen molar-refractivity contribution in [1.82, 2.24) is 14.9 Å². The predicted octanol–water partition coefficient (Wildman–Crippen LogP) is 0.441. The number of nitrogens with zero attached hydrogens (tertiary/aromatic N) is 3. The van der Waals surface area contributed by atoms with Crippen molar-refractivity contribution in [3.8, 4) is 0 Å². The van der Waals surface area contributed by atoms with Gasteiger partial charge >= 0.3 is 0 Å². The average Bonchev–Trinajstić information content (AvgIpc) is 2.92. The molecule has 0 bridgehead atoms. The fourth-order valence-electron chi connectivity index (χ4n) is 2.73. The first kappa shape index (κ1) is 12.2. The number of rotatable bonds is 1. The summed E-state index contributed by atoms with van der Waals surface area (Å²) in [4.78, 5) is 33.6. The number of aromatic nitrogens is 2. The molecule has 1 aromatic rings. The lowest BCUT2D eigenvalue weighted by atomic mass is 9.87. The van der Waals surface area contributed by atoms with Crippen molar-refractivity contribution in [3.63, 3.8) is 0 Å². The SMILES string of the molecule is O=C(c1cncnc1)N1CC[C@]2(CCCO2)C(=O)C1. The zero-order valence-corrected chi connectivity index (χ0v) is 10.5. The van der Waals surface area contributed by atoms with Crippen molar-refractivity contribution in [3.05, 3.63) is 24.3 Å². The molecule has 0 N–H and O–H groups in total. The van der Waals surface area contributed by atoms with Crippen LogP contribution in [0, 0.1) is 0 Å². The summed E-state index contributed by atoms with van der Waals surface area (Å²) in [7, 11) is 0. The van der Waals surface area contributed by atoms with Gasteiger partial charge in [-0.25, -0.2) is 9.97 Å². The highest BCUT2D eigenvalue weighted by Crippen LogP contribution is 2.33. The van der Waals surface area contributed by atoms with Crippen molar-refractivity contribution in [1.29, 1.82) is 0 Å². The summed E-state index contributed by atoms with van der Waals surface area (Å²) in [5.41, 5.74) is -0.206. The Morgan fingerprint density at radius 3 is 2.74 bits per heavy atom. The number of amides is 1. The van der Waals surface area contributed by atoms with E-state index in [1.54, 1.807) is 4.90 Å². The predicted molar refractivity (Wildman–Crippen MR) is 65.5 cm³/mol. The van der Waals surface area contributed by atoms with E-state index >= 15 is 0 Å². The van der Waals surface area contributed by atoms with Crippen molar-refractivity contribution >= 4 is 11.7 Å². The quantitative estimate of drug-likeness (QED) is 0.733. The molecule has 19 heavy (non-hydrogen) atoms. The van der Waals surface area contributed by atoms with Crippen LogP contribution in [0.4, 0.5) is 0 Å². The summed E-state index contributed by atoms with van der Waals surface area (Å²) in [6.07, 6.45) is 6.60. The minimum atomic E-state index is -0.621. The van der Waals surface area contributed by atoms with Crippen LogP contribution in [0.5, 0.6) is 0 Å². The molecule has 2 aliphatic heterocycles. The van der Waals surface area contributed by atoms with Crippen LogP contribution in [0.25, 0.3) is 0 Å². The molecule has 6 heteroatoms. The van der Waals surface area contributed by atoms with E-state index in [-0.39, 0.29) is 18.2 Å². The Hall–Kier alpha value is -1.82. The number of hydrogen-bond donors (Lipinski definition) is 0. The third-order valence-electron chi connectivity index (χ3n) is 3.83. The van der Waals surface area contributed by atoms with Gasteiger partial charge in [0.1, 0.15) is 11.9 Å². The van der Waals surface area contributed by atoms with Crippen molar-refractivity contribution < 1.29 is 14.3 Å². The van der Waals surface area contributed by atoms with E-state index in [1.165, 1.54) is 18.7 Å². The number of ketones is 1. The number of carbonyl (C=O) groups is 2. The molecule has 100 valence electrons. The smallest absolute Gasteiger partial charge is 0.257 e. The second-order valence-electron chi connectivity index (χ2n) is 4.97. The van der Waals surface area contributed by atoms with Gasteiger partial charge in [0.05, 0.1) is 12.1 Å². The Labute approximate surface area is 110 Å². The second kappa shape index (κ2) is 4.70. The van der Waals surface area contributed by atoms with E-state index in [0.717, 1.165) is 12.8 Å². The summed E-state index contributed by atoms with van der Waals surface area (Å²) in [5, 5.41) is 0. The van der Waals surface area contributed by atoms with E-state index in [0.29, 0.717) is 25.1 Å². The largest absolute Gasteiger partial charge is 0.367 e. The van der Waals surface area contributed by atoms with Crippen molar-refractivity contribution in [2.75, 3.05) is 19.7 Å². The Morgan fingerprint density at radius 1 is 1.32 bits per heavy atom. The van der Waals surface area contributed by atoms with Gasteiger partial charge in [-0.15, -0.1) is 0 Å². The van der Waals surface area contributed by atoms with E-state index in [4.69, 9.17) is 4.74 Å². The lowest BCUT2D eigenvalue weighted by molar-refractivity contribution is -0.144. The van der Waals surface area contributed by atoms with Gasteiger partial charge < -0.3 is 9.64 Å². The topological polar surface area (TPSA) is 72.4 Å². The summed E-state index contributed by atoms with van der Waals surface area (Å²) in [5.74, 6) is -0.178. The molecule has 0 aliphatic carbocycles. The van der Waals surface area contributed by atoms with Gasteiger partial charge in [-0.1, -0.05) is 0 Å². The molecule has 0 unspecified atom stereocenters. The Balaban J connectivity index is 1.72. The number of piperidine rings is 1. The summed E-state index contributed by atoms with van der Waals surface area (Å²) >= 11 is 0. The third-order valence-corrected chi connectivity index (χ3v) is 3.83. The average molecular weight is 261 g/mol. The molecule has 0 saturated carbocycles. The molecule has 1 aromatic heterocycles. The molecule has 2 aliphatic rings. The Morgan fingerprint density at radius 2 is 2.11 bits per heavy atom. The van der Waals surface area contributed by atoms with Crippen molar-refractivity contribution in [2.24, 2.45) is 0 Å². The van der Waals surface area contributed by atoms with Gasteiger partial charge in [-0.05, 0) is 12.8 Å². The van der Waals surface area contributed by atoms with Crippen LogP contribution in [0.3, 0.4) is 0 Å². The third kappa shape index (κ3) is 2.12. The van der Waals surface area contributed by atoms with E-state index in [1.807, 2.05) is 0 Å². The van der Waals surface area contributed by atoms with E-state index < -0.39 is 5.60 Å². The highest BCUT2D eigenvalue weighted by molar-refractivity contribution is 5.99. The van der Waals surface area contributed by atoms with E-state index in [9.17, 15) is 9.59 Å². The first-order valence-electron chi connectivity index (χ1n) is 6.43. The standard InChI is InChI=1S/C13H15N3O3/c17-11-8-16(4-3-13(11)2-1-5-19-13)12(18)10-6-14-9-15-7-10/h6-7,9H,1-5,8H2/t13-/m1/s1. The molecule has 1 amide bonds. The van der Waals surface area contributed by atoms with Crippen LogP contribution < -0.4 is 0 Å². The van der Waals surface area contributed by atoms with E-state index in [2.05, 4.69) is 9.97 Å². The van der Waals surface area contributed by atoms with Gasteiger partial charge in [0.2, 0.25) is 0 Å². The molecular formula is C13H15N3O3. The van der Waals surface area contributed by atoms with Gasteiger partial charge in [0.25, 0.3) is 5.91 Å². The summed E-state index contributed by atoms with van der Waals surface area (Å²) < 4.78 is 5.62. The van der Waals surface area contributed by atoms with Crippen LogP contribution in [0.1, 0.15) is 29.6 Å². The molecule has 1 atom stereocenters. The van der Waals surface area contributed by atoms with Gasteiger partial charge in [0.15, 0.2) is 5.78 Å². The fraction of sp³-hybridized carbons (Fsp3) is 0.538. The van der Waals surface area contributed by atoms with Crippen LogP contribution in [0.2, 0.25) is 0 Å².